The fraction of sp³-hybridized carbons (Fsp3) is 0. The number of carboxylic acids is 1. The molecular formula is C20H14N4O6PbS. The minimum atomic E-state index is -4.76. The normalized spacial score (nSPS) is 11.7. The molecule has 2 N–H and O–H groups in total. The molecule has 0 saturated carbocycles. The maximum atomic E-state index is 11.3. The molecule has 0 fully saturated rings. The van der Waals surface area contributed by atoms with Crippen LogP contribution in [0.25, 0.3) is 0 Å². The molecule has 2 radical (unpaired) electrons. The molecule has 0 aliphatic carbocycles. The van der Waals surface area contributed by atoms with Gasteiger partial charge in [0.2, 0.25) is 5.84 Å². The molecule has 160 valence electrons. The van der Waals surface area contributed by atoms with E-state index < -0.39 is 26.7 Å². The van der Waals surface area contributed by atoms with Crippen LogP contribution in [0.1, 0.15) is 15.9 Å². The summed E-state index contributed by atoms with van der Waals surface area (Å²) in [5.74, 6) is -1.82. The molecule has 0 bridgehead atoms. The number of para-hydroxylation sites is 1. The summed E-state index contributed by atoms with van der Waals surface area (Å²) in [7, 11) is -4.76. The number of hydrazone groups is 1. The van der Waals surface area contributed by atoms with Crippen LogP contribution in [0.5, 0.6) is 5.75 Å². The average molecular weight is 646 g/mol. The molecule has 3 rings (SSSR count). The number of nitrogens with zero attached hydrogens (tertiary/aromatic N) is 3. The predicted octanol–water partition coefficient (Wildman–Crippen LogP) is 1.84. The van der Waals surface area contributed by atoms with Gasteiger partial charge in [-0.25, -0.2) is 8.42 Å². The van der Waals surface area contributed by atoms with Crippen LogP contribution in [0.2, 0.25) is 0 Å². The van der Waals surface area contributed by atoms with Crippen LogP contribution in [-0.4, -0.2) is 57.2 Å². The van der Waals surface area contributed by atoms with E-state index in [9.17, 15) is 28.0 Å². The monoisotopic (exact) mass is 646 g/mol. The molecular weight excluding hydrogens is 632 g/mol. The molecule has 0 aromatic heterocycles. The Morgan fingerprint density at radius 2 is 1.62 bits per heavy atom. The van der Waals surface area contributed by atoms with Crippen molar-refractivity contribution in [3.05, 3.63) is 83.9 Å². The van der Waals surface area contributed by atoms with Crippen LogP contribution in [0.4, 0.5) is 11.4 Å². The van der Waals surface area contributed by atoms with Gasteiger partial charge in [-0.3, -0.25) is 5.43 Å². The van der Waals surface area contributed by atoms with Crippen molar-refractivity contribution in [2.24, 2.45) is 15.3 Å². The minimum Gasteiger partial charge on any atom is -0.744 e. The minimum absolute atomic E-state index is 0. The Bertz CT molecular complexity index is 1280. The molecule has 0 saturated heterocycles. The van der Waals surface area contributed by atoms with Crippen molar-refractivity contribution in [3.8, 4) is 5.75 Å². The number of benzene rings is 3. The molecule has 3 aromatic carbocycles. The molecule has 32 heavy (non-hydrogen) atoms. The molecule has 0 atom stereocenters. The van der Waals surface area contributed by atoms with Crippen molar-refractivity contribution in [3.63, 3.8) is 0 Å². The van der Waals surface area contributed by atoms with Gasteiger partial charge >= 0.3 is 27.3 Å². The molecule has 0 aliphatic heterocycles. The van der Waals surface area contributed by atoms with Crippen molar-refractivity contribution >= 4 is 60.6 Å². The van der Waals surface area contributed by atoms with Crippen molar-refractivity contribution in [1.82, 2.24) is 0 Å². The van der Waals surface area contributed by atoms with Crippen LogP contribution >= 0.6 is 0 Å². The van der Waals surface area contributed by atoms with Crippen molar-refractivity contribution in [1.29, 1.82) is 0 Å². The zero-order chi connectivity index (χ0) is 22.4. The fourth-order valence-electron chi connectivity index (χ4n) is 2.44. The van der Waals surface area contributed by atoms with E-state index in [1.165, 1.54) is 18.2 Å². The number of carboxylic acid groups (broad SMARTS) is 1. The van der Waals surface area contributed by atoms with Crippen LogP contribution in [0.3, 0.4) is 0 Å². The quantitative estimate of drug-likeness (QED) is 0.103. The Morgan fingerprint density at radius 1 is 0.969 bits per heavy atom. The van der Waals surface area contributed by atoms with Gasteiger partial charge in [-0.1, -0.05) is 48.5 Å². The van der Waals surface area contributed by atoms with Gasteiger partial charge in [0.1, 0.15) is 21.6 Å². The summed E-state index contributed by atoms with van der Waals surface area (Å²) in [6.07, 6.45) is 0. The Hall–Kier alpha value is -3.17. The van der Waals surface area contributed by atoms with Gasteiger partial charge in [0, 0.05) is 11.1 Å². The van der Waals surface area contributed by atoms with E-state index in [1.807, 2.05) is 0 Å². The SMILES string of the molecule is O=C([O-])c1ccccc1NN=C(N=Nc1cc(S(=O)(=O)[O-])ccc1O)c1ccccc1.[Pb+2]. The van der Waals surface area contributed by atoms with E-state index in [2.05, 4.69) is 20.8 Å². The third kappa shape index (κ3) is 6.41. The molecule has 12 heteroatoms. The Morgan fingerprint density at radius 3 is 2.28 bits per heavy atom. The maximum Gasteiger partial charge on any atom is 2.00 e. The molecule has 0 amide bonds. The second-order valence-corrected chi connectivity index (χ2v) is 7.43. The number of anilines is 1. The maximum absolute atomic E-state index is 11.3. The Balaban J connectivity index is 0.00000363. The van der Waals surface area contributed by atoms with Gasteiger partial charge in [-0.2, -0.15) is 5.10 Å². The number of nitrogens with one attached hydrogen (secondary N) is 1. The van der Waals surface area contributed by atoms with E-state index in [1.54, 1.807) is 36.4 Å². The van der Waals surface area contributed by atoms with Crippen LogP contribution in [0.15, 0.2) is 93.0 Å². The number of hydrogen-bond acceptors (Lipinski definition) is 9. The number of aromatic carboxylic acids is 1. The molecule has 0 unspecified atom stereocenters. The molecule has 0 spiro atoms. The number of carbonyl (C=O) groups is 1. The summed E-state index contributed by atoms with van der Waals surface area (Å²) in [6.45, 7) is 0. The third-order valence-corrected chi connectivity index (χ3v) is 4.78. The second kappa shape index (κ2) is 10.9. The standard InChI is InChI=1S/C20H16N4O6S.Pb/c25-18-11-10-14(31(28,29)30)12-17(18)22-24-19(13-6-2-1-3-7-13)23-21-16-9-5-4-8-15(16)20(26)27;/h1-12,21,25H,(H,26,27)(H,28,29,30);/q;+2/p-2. The summed E-state index contributed by atoms with van der Waals surface area (Å²) >= 11 is 0. The largest absolute Gasteiger partial charge is 2.00 e. The smallest absolute Gasteiger partial charge is 0.744 e. The summed E-state index contributed by atoms with van der Waals surface area (Å²) in [5, 5.41) is 33.0. The summed E-state index contributed by atoms with van der Waals surface area (Å²) < 4.78 is 33.6. The van der Waals surface area contributed by atoms with E-state index in [-0.39, 0.29) is 50.1 Å². The van der Waals surface area contributed by atoms with E-state index in [4.69, 9.17) is 0 Å². The Kier molecular flexibility index (Phi) is 8.57. The summed E-state index contributed by atoms with van der Waals surface area (Å²) in [6, 6.07) is 17.2. The second-order valence-electron chi connectivity index (χ2n) is 6.05. The third-order valence-electron chi connectivity index (χ3n) is 3.95. The molecule has 3 aromatic rings. The van der Waals surface area contributed by atoms with Gasteiger partial charge in [-0.15, -0.1) is 10.2 Å². The zero-order valence-electron chi connectivity index (χ0n) is 16.2. The van der Waals surface area contributed by atoms with Gasteiger partial charge in [0.25, 0.3) is 0 Å². The molecule has 0 heterocycles. The fourth-order valence-corrected chi connectivity index (χ4v) is 2.93. The number of phenols is 1. The molecule has 0 aliphatic rings. The molecule has 10 nitrogen and oxygen atoms in total. The predicted molar refractivity (Wildman–Crippen MR) is 114 cm³/mol. The van der Waals surface area contributed by atoms with Crippen molar-refractivity contribution in [2.45, 2.75) is 4.90 Å². The van der Waals surface area contributed by atoms with Gasteiger partial charge in [0.05, 0.1) is 16.6 Å². The first-order valence-electron chi connectivity index (χ1n) is 8.66. The van der Waals surface area contributed by atoms with E-state index in [0.29, 0.717) is 5.56 Å². The number of phenolic OH excluding ortho intramolecular Hbond substituents is 1. The summed E-state index contributed by atoms with van der Waals surface area (Å²) in [4.78, 5) is 10.7. The zero-order valence-corrected chi connectivity index (χ0v) is 20.9. The van der Waals surface area contributed by atoms with Gasteiger partial charge < -0.3 is 19.6 Å². The first-order chi connectivity index (χ1) is 14.8. The van der Waals surface area contributed by atoms with E-state index >= 15 is 0 Å². The average Bonchev–Trinajstić information content (AvgIpc) is 2.75. The number of aromatic hydroxyl groups is 1. The summed E-state index contributed by atoms with van der Waals surface area (Å²) in [5.41, 5.74) is 2.82. The number of hydrogen-bond donors (Lipinski definition) is 2. The van der Waals surface area contributed by atoms with Crippen LogP contribution in [-0.2, 0) is 10.1 Å². The number of rotatable bonds is 6. The number of azo groups is 1. The van der Waals surface area contributed by atoms with Crippen LogP contribution in [0, 0.1) is 0 Å². The van der Waals surface area contributed by atoms with Gasteiger partial charge in [0.15, 0.2) is 0 Å². The van der Waals surface area contributed by atoms with Gasteiger partial charge in [-0.05, 0) is 24.3 Å². The Labute approximate surface area is 203 Å². The van der Waals surface area contributed by atoms with E-state index in [0.717, 1.165) is 18.2 Å². The number of amidine groups is 1. The van der Waals surface area contributed by atoms with Crippen molar-refractivity contribution in [2.75, 3.05) is 5.43 Å². The van der Waals surface area contributed by atoms with Crippen LogP contribution < -0.4 is 10.5 Å². The first kappa shape index (κ1) is 25.1. The number of carbonyl (C=O) groups excluding carboxylic acids is 1. The topological polar surface area (TPSA) is 167 Å². The van der Waals surface area contributed by atoms with Crippen molar-refractivity contribution < 1.29 is 28.0 Å². The first-order valence-corrected chi connectivity index (χ1v) is 10.1.